The highest BCUT2D eigenvalue weighted by Crippen LogP contribution is 2.34. The number of pyridine rings is 1. The summed E-state index contributed by atoms with van der Waals surface area (Å²) in [5.74, 6) is 1.06. The zero-order valence-electron chi connectivity index (χ0n) is 9.73. The molecule has 1 atom stereocenters. The number of hydrogen-bond donors (Lipinski definition) is 0. The molecule has 17 heavy (non-hydrogen) atoms. The average Bonchev–Trinajstić information content (AvgIpc) is 2.70. The van der Waals surface area contributed by atoms with Gasteiger partial charge in [-0.15, -0.1) is 0 Å². The molecule has 0 N–H and O–H groups in total. The lowest BCUT2D eigenvalue weighted by atomic mass is 10.0. The highest BCUT2D eigenvalue weighted by molar-refractivity contribution is 9.10. The molecular formula is C13H14BrN3. The van der Waals surface area contributed by atoms with E-state index in [1.165, 1.54) is 18.5 Å². The Morgan fingerprint density at radius 1 is 1.35 bits per heavy atom. The lowest BCUT2D eigenvalue weighted by Gasteiger charge is -2.24. The summed E-state index contributed by atoms with van der Waals surface area (Å²) in [5.41, 5.74) is 2.47. The van der Waals surface area contributed by atoms with Crippen molar-refractivity contribution in [1.29, 1.82) is 0 Å². The van der Waals surface area contributed by atoms with Gasteiger partial charge in [0, 0.05) is 24.0 Å². The van der Waals surface area contributed by atoms with E-state index in [2.05, 4.69) is 37.4 Å². The van der Waals surface area contributed by atoms with Crippen LogP contribution in [0.4, 0.5) is 0 Å². The third-order valence-electron chi connectivity index (χ3n) is 3.38. The number of imidazole rings is 1. The van der Waals surface area contributed by atoms with Crippen molar-refractivity contribution in [2.24, 2.45) is 0 Å². The minimum Gasteiger partial charge on any atom is -0.324 e. The van der Waals surface area contributed by atoms with Crippen LogP contribution in [0.3, 0.4) is 0 Å². The van der Waals surface area contributed by atoms with E-state index < -0.39 is 0 Å². The minimum absolute atomic E-state index is 0.528. The van der Waals surface area contributed by atoms with Crippen LogP contribution in [0.1, 0.15) is 31.5 Å². The van der Waals surface area contributed by atoms with Crippen molar-refractivity contribution in [2.45, 2.75) is 32.2 Å². The van der Waals surface area contributed by atoms with Gasteiger partial charge in [0.25, 0.3) is 0 Å². The maximum atomic E-state index is 4.66. The predicted molar refractivity (Wildman–Crippen MR) is 70.8 cm³/mol. The Morgan fingerprint density at radius 3 is 2.88 bits per heavy atom. The lowest BCUT2D eigenvalue weighted by molar-refractivity contribution is 0.435. The third kappa shape index (κ3) is 1.80. The van der Waals surface area contributed by atoms with Crippen molar-refractivity contribution in [3.05, 3.63) is 34.8 Å². The van der Waals surface area contributed by atoms with E-state index in [-0.39, 0.29) is 0 Å². The van der Waals surface area contributed by atoms with Crippen molar-refractivity contribution in [2.75, 3.05) is 0 Å². The van der Waals surface area contributed by atoms with Gasteiger partial charge in [0.15, 0.2) is 0 Å². The van der Waals surface area contributed by atoms with E-state index >= 15 is 0 Å². The van der Waals surface area contributed by atoms with Crippen molar-refractivity contribution in [3.63, 3.8) is 0 Å². The Kier molecular flexibility index (Phi) is 2.74. The Labute approximate surface area is 109 Å². The molecule has 2 aromatic heterocycles. The molecule has 1 aliphatic heterocycles. The number of aromatic nitrogens is 3. The lowest BCUT2D eigenvalue weighted by Crippen LogP contribution is -2.15. The monoisotopic (exact) mass is 291 g/mol. The van der Waals surface area contributed by atoms with Gasteiger partial charge in [-0.25, -0.2) is 4.98 Å². The minimum atomic E-state index is 0.528. The summed E-state index contributed by atoms with van der Waals surface area (Å²) in [6.45, 7) is 2.27. The molecule has 0 saturated heterocycles. The topological polar surface area (TPSA) is 30.7 Å². The Balaban J connectivity index is 2.18. The highest BCUT2D eigenvalue weighted by atomic mass is 79.9. The van der Waals surface area contributed by atoms with Gasteiger partial charge in [0.1, 0.15) is 10.4 Å². The summed E-state index contributed by atoms with van der Waals surface area (Å²) in [6, 6.07) is 4.56. The fraction of sp³-hybridized carbons (Fsp3) is 0.385. The standard InChI is InChI=1S/C13H14BrN3/c1-9-3-2-4-11-12(14)16-13(17(9)11)10-5-7-15-8-6-10/h5-9H,2-4H2,1H3. The molecule has 2 aromatic rings. The second kappa shape index (κ2) is 4.26. The fourth-order valence-electron chi connectivity index (χ4n) is 2.54. The van der Waals surface area contributed by atoms with Gasteiger partial charge in [-0.05, 0) is 54.2 Å². The van der Waals surface area contributed by atoms with Gasteiger partial charge in [-0.2, -0.15) is 0 Å². The highest BCUT2D eigenvalue weighted by Gasteiger charge is 2.23. The molecule has 88 valence electrons. The summed E-state index contributed by atoms with van der Waals surface area (Å²) in [7, 11) is 0. The largest absolute Gasteiger partial charge is 0.324 e. The molecule has 0 aliphatic carbocycles. The molecule has 0 spiro atoms. The molecule has 3 heterocycles. The first kappa shape index (κ1) is 11.0. The molecule has 0 aromatic carbocycles. The predicted octanol–water partition coefficient (Wildman–Crippen LogP) is 3.60. The van der Waals surface area contributed by atoms with E-state index in [0.29, 0.717) is 6.04 Å². The quantitative estimate of drug-likeness (QED) is 0.804. The summed E-state index contributed by atoms with van der Waals surface area (Å²) in [5, 5.41) is 0. The van der Waals surface area contributed by atoms with Gasteiger partial charge >= 0.3 is 0 Å². The van der Waals surface area contributed by atoms with Crippen LogP contribution >= 0.6 is 15.9 Å². The van der Waals surface area contributed by atoms with Crippen LogP contribution in [0.15, 0.2) is 29.1 Å². The summed E-state index contributed by atoms with van der Waals surface area (Å²) in [6.07, 6.45) is 7.23. The van der Waals surface area contributed by atoms with Gasteiger partial charge < -0.3 is 4.57 Å². The molecule has 0 amide bonds. The van der Waals surface area contributed by atoms with E-state index in [9.17, 15) is 0 Å². The van der Waals surface area contributed by atoms with E-state index in [1.807, 2.05) is 24.5 Å². The smallest absolute Gasteiger partial charge is 0.141 e. The van der Waals surface area contributed by atoms with Crippen LogP contribution in [-0.2, 0) is 6.42 Å². The third-order valence-corrected chi connectivity index (χ3v) is 4.01. The second-order valence-electron chi connectivity index (χ2n) is 4.52. The van der Waals surface area contributed by atoms with Crippen LogP contribution in [0.2, 0.25) is 0 Å². The van der Waals surface area contributed by atoms with E-state index in [0.717, 1.165) is 22.4 Å². The summed E-state index contributed by atoms with van der Waals surface area (Å²) < 4.78 is 3.36. The molecule has 0 bridgehead atoms. The maximum absolute atomic E-state index is 4.66. The van der Waals surface area contributed by atoms with Crippen LogP contribution < -0.4 is 0 Å². The normalized spacial score (nSPS) is 19.1. The first-order valence-electron chi connectivity index (χ1n) is 5.94. The molecule has 3 nitrogen and oxygen atoms in total. The van der Waals surface area contributed by atoms with Crippen molar-refractivity contribution < 1.29 is 0 Å². The van der Waals surface area contributed by atoms with E-state index in [4.69, 9.17) is 0 Å². The molecular weight excluding hydrogens is 278 g/mol. The molecule has 0 radical (unpaired) electrons. The molecule has 0 saturated carbocycles. The number of halogens is 1. The SMILES string of the molecule is CC1CCCc2c(Br)nc(-c3ccncc3)n21. The first-order chi connectivity index (χ1) is 8.27. The van der Waals surface area contributed by atoms with Gasteiger partial charge in [-0.1, -0.05) is 0 Å². The van der Waals surface area contributed by atoms with Crippen LogP contribution in [-0.4, -0.2) is 14.5 Å². The molecule has 4 heteroatoms. The zero-order chi connectivity index (χ0) is 11.8. The summed E-state index contributed by atoms with van der Waals surface area (Å²) >= 11 is 3.58. The number of rotatable bonds is 1. The van der Waals surface area contributed by atoms with Crippen LogP contribution in [0.5, 0.6) is 0 Å². The van der Waals surface area contributed by atoms with Gasteiger partial charge in [0.2, 0.25) is 0 Å². The maximum Gasteiger partial charge on any atom is 0.141 e. The Morgan fingerprint density at radius 2 is 2.12 bits per heavy atom. The number of nitrogens with zero attached hydrogens (tertiary/aromatic N) is 3. The fourth-order valence-corrected chi connectivity index (χ4v) is 3.09. The first-order valence-corrected chi connectivity index (χ1v) is 6.73. The van der Waals surface area contributed by atoms with Crippen molar-refractivity contribution >= 4 is 15.9 Å². The number of hydrogen-bond acceptors (Lipinski definition) is 2. The zero-order valence-corrected chi connectivity index (χ0v) is 11.3. The molecule has 3 rings (SSSR count). The van der Waals surface area contributed by atoms with Crippen molar-refractivity contribution in [3.8, 4) is 11.4 Å². The van der Waals surface area contributed by atoms with Crippen LogP contribution in [0, 0.1) is 0 Å². The molecule has 1 unspecified atom stereocenters. The number of fused-ring (bicyclic) bond motifs is 1. The molecule has 1 aliphatic rings. The van der Waals surface area contributed by atoms with E-state index in [1.54, 1.807) is 0 Å². The van der Waals surface area contributed by atoms with Crippen LogP contribution in [0.25, 0.3) is 11.4 Å². The Hall–Kier alpha value is -1.16. The Bertz CT molecular complexity index is 533. The van der Waals surface area contributed by atoms with Gasteiger partial charge in [-0.3, -0.25) is 4.98 Å². The summed E-state index contributed by atoms with van der Waals surface area (Å²) in [4.78, 5) is 8.72. The molecule has 0 fully saturated rings. The van der Waals surface area contributed by atoms with Crippen molar-refractivity contribution in [1.82, 2.24) is 14.5 Å². The van der Waals surface area contributed by atoms with Gasteiger partial charge in [0.05, 0.1) is 5.69 Å². The second-order valence-corrected chi connectivity index (χ2v) is 5.27. The average molecular weight is 292 g/mol.